The van der Waals surface area contributed by atoms with E-state index in [9.17, 15) is 4.79 Å². The summed E-state index contributed by atoms with van der Waals surface area (Å²) >= 11 is 3.39. The zero-order valence-corrected chi connectivity index (χ0v) is 12.9. The average molecular weight is 341 g/mol. The molecule has 2 heterocycles. The summed E-state index contributed by atoms with van der Waals surface area (Å²) in [6, 6.07) is 3.91. The minimum atomic E-state index is -0.447. The van der Waals surface area contributed by atoms with E-state index in [-0.39, 0.29) is 12.6 Å². The van der Waals surface area contributed by atoms with E-state index in [1.165, 1.54) is 7.11 Å². The summed E-state index contributed by atoms with van der Waals surface area (Å²) in [6.07, 6.45) is 3.57. The Kier molecular flexibility index (Phi) is 3.56. The normalized spacial score (nSPS) is 21.9. The van der Waals surface area contributed by atoms with Crippen molar-refractivity contribution in [1.82, 2.24) is 10.3 Å². The van der Waals surface area contributed by atoms with Crippen LogP contribution in [0.2, 0.25) is 0 Å². The number of esters is 1. The molecule has 0 bridgehead atoms. The monoisotopic (exact) mass is 340 g/mol. The molecule has 1 aromatic heterocycles. The molecule has 1 aliphatic heterocycles. The number of halogens is 1. The van der Waals surface area contributed by atoms with Crippen LogP contribution in [0.4, 0.5) is 0 Å². The summed E-state index contributed by atoms with van der Waals surface area (Å²) in [4.78, 5) is 15.8. The zero-order valence-electron chi connectivity index (χ0n) is 11.3. The molecule has 2 fully saturated rings. The SMILES string of the molecule is COC(=O)COC1(c2ccc(Br)cn2)CC2(CNC2)C1. The third-order valence-corrected chi connectivity index (χ3v) is 4.68. The van der Waals surface area contributed by atoms with Gasteiger partial charge in [0.25, 0.3) is 0 Å². The van der Waals surface area contributed by atoms with Crippen LogP contribution >= 0.6 is 15.9 Å². The lowest BCUT2D eigenvalue weighted by Gasteiger charge is -2.60. The lowest BCUT2D eigenvalue weighted by molar-refractivity contribution is -0.202. The van der Waals surface area contributed by atoms with Crippen molar-refractivity contribution in [2.45, 2.75) is 18.4 Å². The van der Waals surface area contributed by atoms with Gasteiger partial charge >= 0.3 is 5.97 Å². The average Bonchev–Trinajstić information content (AvgIpc) is 2.37. The van der Waals surface area contributed by atoms with Gasteiger partial charge in [0.05, 0.1) is 12.8 Å². The fourth-order valence-corrected chi connectivity index (χ4v) is 3.38. The number of pyridine rings is 1. The van der Waals surface area contributed by atoms with Crippen molar-refractivity contribution in [1.29, 1.82) is 0 Å². The van der Waals surface area contributed by atoms with E-state index in [1.54, 1.807) is 6.20 Å². The highest BCUT2D eigenvalue weighted by atomic mass is 79.9. The summed E-state index contributed by atoms with van der Waals surface area (Å²) in [7, 11) is 1.37. The highest BCUT2D eigenvalue weighted by Crippen LogP contribution is 2.57. The number of nitrogens with zero attached hydrogens (tertiary/aromatic N) is 1. The molecule has 2 aliphatic rings. The van der Waals surface area contributed by atoms with Crippen LogP contribution in [0.5, 0.6) is 0 Å². The molecule has 6 heteroatoms. The summed E-state index contributed by atoms with van der Waals surface area (Å²) in [5, 5.41) is 3.30. The highest BCUT2D eigenvalue weighted by Gasteiger charge is 2.59. The van der Waals surface area contributed by atoms with Crippen LogP contribution in [0.25, 0.3) is 0 Å². The first-order chi connectivity index (χ1) is 9.57. The van der Waals surface area contributed by atoms with Crippen LogP contribution < -0.4 is 5.32 Å². The predicted molar refractivity (Wildman–Crippen MR) is 76.1 cm³/mol. The molecule has 1 saturated heterocycles. The Hall–Kier alpha value is -0.980. The molecule has 0 unspecified atom stereocenters. The second-order valence-corrected chi connectivity index (χ2v) is 6.59. The fraction of sp³-hybridized carbons (Fsp3) is 0.571. The smallest absolute Gasteiger partial charge is 0.331 e. The molecule has 1 N–H and O–H groups in total. The molecule has 108 valence electrons. The molecule has 0 radical (unpaired) electrons. The van der Waals surface area contributed by atoms with Gasteiger partial charge in [0.2, 0.25) is 0 Å². The van der Waals surface area contributed by atoms with Gasteiger partial charge in [0.1, 0.15) is 12.2 Å². The van der Waals surface area contributed by atoms with Gasteiger partial charge in [-0.15, -0.1) is 0 Å². The van der Waals surface area contributed by atoms with Crippen molar-refractivity contribution >= 4 is 21.9 Å². The van der Waals surface area contributed by atoms with E-state index in [0.717, 1.165) is 36.1 Å². The first-order valence-corrected chi connectivity index (χ1v) is 7.40. The van der Waals surface area contributed by atoms with Crippen LogP contribution in [0, 0.1) is 5.41 Å². The van der Waals surface area contributed by atoms with E-state index in [4.69, 9.17) is 4.74 Å². The second kappa shape index (κ2) is 5.09. The number of nitrogens with one attached hydrogen (secondary N) is 1. The maximum Gasteiger partial charge on any atom is 0.331 e. The number of hydrogen-bond acceptors (Lipinski definition) is 5. The largest absolute Gasteiger partial charge is 0.467 e. The minimum Gasteiger partial charge on any atom is -0.467 e. The number of carbonyl (C=O) groups is 1. The predicted octanol–water partition coefficient (Wildman–Crippen LogP) is 1.61. The molecule has 0 amide bonds. The molecular weight excluding hydrogens is 324 g/mol. The number of ether oxygens (including phenoxy) is 2. The third-order valence-electron chi connectivity index (χ3n) is 4.21. The summed E-state index contributed by atoms with van der Waals surface area (Å²) in [5.41, 5.74) is 0.768. The fourth-order valence-electron chi connectivity index (χ4n) is 3.15. The van der Waals surface area contributed by atoms with Crippen LogP contribution in [-0.4, -0.2) is 37.8 Å². The molecule has 3 rings (SSSR count). The van der Waals surface area contributed by atoms with Gasteiger partial charge in [-0.25, -0.2) is 4.79 Å². The molecule has 0 aromatic carbocycles. The van der Waals surface area contributed by atoms with Gasteiger partial charge in [0.15, 0.2) is 0 Å². The van der Waals surface area contributed by atoms with Crippen molar-refractivity contribution in [2.24, 2.45) is 5.41 Å². The number of carbonyl (C=O) groups excluding carboxylic acids is 1. The first-order valence-electron chi connectivity index (χ1n) is 6.61. The molecule has 1 aliphatic carbocycles. The molecule has 20 heavy (non-hydrogen) atoms. The molecule has 1 spiro atoms. The first kappa shape index (κ1) is 14.0. The lowest BCUT2D eigenvalue weighted by Crippen LogP contribution is -2.66. The van der Waals surface area contributed by atoms with E-state index < -0.39 is 5.60 Å². The highest BCUT2D eigenvalue weighted by molar-refractivity contribution is 9.10. The van der Waals surface area contributed by atoms with E-state index in [1.807, 2.05) is 12.1 Å². The van der Waals surface area contributed by atoms with Crippen LogP contribution in [-0.2, 0) is 19.9 Å². The summed E-state index contributed by atoms with van der Waals surface area (Å²) in [6.45, 7) is 2.01. The van der Waals surface area contributed by atoms with Crippen molar-refractivity contribution in [3.63, 3.8) is 0 Å². The Morgan fingerprint density at radius 3 is 2.70 bits per heavy atom. The van der Waals surface area contributed by atoms with Gasteiger partial charge in [-0.3, -0.25) is 4.98 Å². The number of rotatable bonds is 4. The second-order valence-electron chi connectivity index (χ2n) is 5.68. The van der Waals surface area contributed by atoms with E-state index in [0.29, 0.717) is 5.41 Å². The van der Waals surface area contributed by atoms with Gasteiger partial charge in [-0.05, 0) is 40.9 Å². The Balaban J connectivity index is 1.77. The quantitative estimate of drug-likeness (QED) is 0.844. The maximum atomic E-state index is 11.3. The Morgan fingerprint density at radius 2 is 2.20 bits per heavy atom. The summed E-state index contributed by atoms with van der Waals surface area (Å²) < 4.78 is 11.5. The molecule has 0 atom stereocenters. The van der Waals surface area contributed by atoms with Crippen LogP contribution in [0.3, 0.4) is 0 Å². The van der Waals surface area contributed by atoms with Crippen LogP contribution in [0.15, 0.2) is 22.8 Å². The topological polar surface area (TPSA) is 60.5 Å². The minimum absolute atomic E-state index is 0.0300. The van der Waals surface area contributed by atoms with Crippen LogP contribution in [0.1, 0.15) is 18.5 Å². The van der Waals surface area contributed by atoms with Gasteiger partial charge in [-0.1, -0.05) is 0 Å². The molecule has 1 aromatic rings. The van der Waals surface area contributed by atoms with Crippen molar-refractivity contribution in [3.8, 4) is 0 Å². The lowest BCUT2D eigenvalue weighted by atomic mass is 9.55. The number of methoxy groups -OCH3 is 1. The van der Waals surface area contributed by atoms with Gasteiger partial charge < -0.3 is 14.8 Å². The molecular formula is C14H17BrN2O3. The number of hydrogen-bond donors (Lipinski definition) is 1. The van der Waals surface area contributed by atoms with E-state index >= 15 is 0 Å². The van der Waals surface area contributed by atoms with Crippen molar-refractivity contribution in [3.05, 3.63) is 28.5 Å². The third kappa shape index (κ3) is 2.36. The molecule has 5 nitrogen and oxygen atoms in total. The van der Waals surface area contributed by atoms with Crippen molar-refractivity contribution in [2.75, 3.05) is 26.8 Å². The maximum absolute atomic E-state index is 11.3. The van der Waals surface area contributed by atoms with E-state index in [2.05, 4.69) is 31.0 Å². The molecule has 1 saturated carbocycles. The Morgan fingerprint density at radius 1 is 1.45 bits per heavy atom. The Bertz CT molecular complexity index is 506. The van der Waals surface area contributed by atoms with Gasteiger partial charge in [0, 0.05) is 29.2 Å². The zero-order chi connectivity index (χ0) is 14.2. The Labute approximate surface area is 126 Å². The standard InChI is InChI=1S/C14H17BrN2O3/c1-19-12(18)5-20-14(6-13(7-14)8-16-9-13)11-3-2-10(15)4-17-11/h2-4,16H,5-9H2,1H3. The van der Waals surface area contributed by atoms with Crippen molar-refractivity contribution < 1.29 is 14.3 Å². The summed E-state index contributed by atoms with van der Waals surface area (Å²) in [5.74, 6) is -0.353. The van der Waals surface area contributed by atoms with Gasteiger partial charge in [-0.2, -0.15) is 0 Å². The number of aromatic nitrogens is 1.